The smallest absolute Gasteiger partial charge is 0.246 e. The predicted molar refractivity (Wildman–Crippen MR) is 107 cm³/mol. The van der Waals surface area contributed by atoms with Crippen LogP contribution in [0.3, 0.4) is 0 Å². The zero-order chi connectivity index (χ0) is 18.9. The van der Waals surface area contributed by atoms with Crippen molar-refractivity contribution in [2.45, 2.75) is 19.4 Å². The Labute approximate surface area is 160 Å². The van der Waals surface area contributed by atoms with Gasteiger partial charge in [0.2, 0.25) is 15.9 Å². The van der Waals surface area contributed by atoms with E-state index in [-0.39, 0.29) is 11.7 Å². The van der Waals surface area contributed by atoms with Crippen LogP contribution in [0.1, 0.15) is 23.1 Å². The molecule has 0 N–H and O–H groups in total. The first-order chi connectivity index (χ1) is 13.0. The zero-order valence-electron chi connectivity index (χ0n) is 15.0. The Balaban J connectivity index is 1.42. The van der Waals surface area contributed by atoms with Crippen molar-refractivity contribution in [2.75, 3.05) is 23.1 Å². The second-order valence-electron chi connectivity index (χ2n) is 6.95. The summed E-state index contributed by atoms with van der Waals surface area (Å²) >= 11 is 0. The topological polar surface area (TPSA) is 57.7 Å². The normalized spacial score (nSPS) is 18.7. The second-order valence-corrected chi connectivity index (χ2v) is 8.96. The van der Waals surface area contributed by atoms with Crippen molar-refractivity contribution in [3.05, 3.63) is 71.3 Å². The number of carbonyl (C=O) groups is 1. The SMILES string of the molecule is O=C(/C=C/c1ccc(N2CCCS2(=O)=O)cc1)N1CCc2ccccc2C1. The first kappa shape index (κ1) is 17.8. The summed E-state index contributed by atoms with van der Waals surface area (Å²) in [4.78, 5) is 14.3. The van der Waals surface area contributed by atoms with Crippen molar-refractivity contribution in [1.29, 1.82) is 0 Å². The van der Waals surface area contributed by atoms with Gasteiger partial charge in [0.05, 0.1) is 11.4 Å². The molecule has 0 bridgehead atoms. The first-order valence-corrected chi connectivity index (χ1v) is 10.8. The van der Waals surface area contributed by atoms with E-state index in [9.17, 15) is 13.2 Å². The fourth-order valence-electron chi connectivity index (χ4n) is 3.64. The highest BCUT2D eigenvalue weighted by Gasteiger charge is 2.28. The van der Waals surface area contributed by atoms with E-state index in [1.807, 2.05) is 29.2 Å². The number of hydrogen-bond donors (Lipinski definition) is 0. The van der Waals surface area contributed by atoms with Gasteiger partial charge >= 0.3 is 0 Å². The largest absolute Gasteiger partial charge is 0.334 e. The highest BCUT2D eigenvalue weighted by atomic mass is 32.2. The number of fused-ring (bicyclic) bond motifs is 1. The number of sulfonamides is 1. The van der Waals surface area contributed by atoms with Crippen LogP contribution < -0.4 is 4.31 Å². The maximum atomic E-state index is 12.5. The molecule has 1 saturated heterocycles. The molecule has 0 saturated carbocycles. The lowest BCUT2D eigenvalue weighted by atomic mass is 10.00. The Morgan fingerprint density at radius 1 is 0.963 bits per heavy atom. The molecule has 6 heteroatoms. The summed E-state index contributed by atoms with van der Waals surface area (Å²) in [6, 6.07) is 15.5. The number of hydrogen-bond acceptors (Lipinski definition) is 3. The number of anilines is 1. The van der Waals surface area contributed by atoms with Crippen LogP contribution >= 0.6 is 0 Å². The molecule has 2 aliphatic rings. The molecule has 0 spiro atoms. The van der Waals surface area contributed by atoms with Crippen molar-refractivity contribution in [3.63, 3.8) is 0 Å². The molecule has 0 atom stereocenters. The molecule has 5 nitrogen and oxygen atoms in total. The van der Waals surface area contributed by atoms with Crippen LogP contribution in [-0.2, 0) is 27.8 Å². The van der Waals surface area contributed by atoms with Gasteiger partial charge in [-0.2, -0.15) is 0 Å². The van der Waals surface area contributed by atoms with Gasteiger partial charge < -0.3 is 4.90 Å². The summed E-state index contributed by atoms with van der Waals surface area (Å²) in [5, 5.41) is 0. The number of carbonyl (C=O) groups excluding carboxylic acids is 1. The van der Waals surface area contributed by atoms with E-state index in [4.69, 9.17) is 0 Å². The number of benzene rings is 2. The fourth-order valence-corrected chi connectivity index (χ4v) is 5.20. The van der Waals surface area contributed by atoms with Gasteiger partial charge in [-0.15, -0.1) is 0 Å². The average molecular weight is 382 g/mol. The third-order valence-electron chi connectivity index (χ3n) is 5.14. The summed E-state index contributed by atoms with van der Waals surface area (Å²) in [6.45, 7) is 1.91. The Morgan fingerprint density at radius 3 is 2.41 bits per heavy atom. The molecule has 27 heavy (non-hydrogen) atoms. The Bertz CT molecular complexity index is 981. The quantitative estimate of drug-likeness (QED) is 0.767. The molecule has 0 unspecified atom stereocenters. The van der Waals surface area contributed by atoms with Crippen LogP contribution in [0.15, 0.2) is 54.6 Å². The summed E-state index contributed by atoms with van der Waals surface area (Å²) in [5.41, 5.74) is 4.09. The molecule has 2 aromatic rings. The van der Waals surface area contributed by atoms with Gasteiger partial charge in [0.1, 0.15) is 0 Å². The first-order valence-electron chi connectivity index (χ1n) is 9.17. The van der Waals surface area contributed by atoms with Gasteiger partial charge in [0, 0.05) is 25.7 Å². The van der Waals surface area contributed by atoms with E-state index in [0.717, 1.165) is 18.5 Å². The number of amides is 1. The number of rotatable bonds is 3. The summed E-state index contributed by atoms with van der Waals surface area (Å²) in [6.07, 6.45) is 4.92. The van der Waals surface area contributed by atoms with Gasteiger partial charge in [0.15, 0.2) is 0 Å². The molecule has 1 fully saturated rings. The van der Waals surface area contributed by atoms with Crippen LogP contribution in [0.5, 0.6) is 0 Å². The van der Waals surface area contributed by atoms with E-state index in [2.05, 4.69) is 12.1 Å². The minimum absolute atomic E-state index is 0.00398. The summed E-state index contributed by atoms with van der Waals surface area (Å²) in [7, 11) is -3.16. The minimum Gasteiger partial charge on any atom is -0.334 e. The molecule has 1 amide bonds. The highest BCUT2D eigenvalue weighted by Crippen LogP contribution is 2.24. The lowest BCUT2D eigenvalue weighted by molar-refractivity contribution is -0.126. The lowest BCUT2D eigenvalue weighted by Gasteiger charge is -2.27. The van der Waals surface area contributed by atoms with Crippen LogP contribution in [0.25, 0.3) is 6.08 Å². The van der Waals surface area contributed by atoms with E-state index in [1.165, 1.54) is 15.4 Å². The van der Waals surface area contributed by atoms with Crippen LogP contribution in [0, 0.1) is 0 Å². The monoisotopic (exact) mass is 382 g/mol. The van der Waals surface area contributed by atoms with E-state index >= 15 is 0 Å². The maximum Gasteiger partial charge on any atom is 0.246 e. The van der Waals surface area contributed by atoms with Gasteiger partial charge in [-0.25, -0.2) is 8.42 Å². The van der Waals surface area contributed by atoms with E-state index in [0.29, 0.717) is 25.2 Å². The molecular formula is C21H22N2O3S. The van der Waals surface area contributed by atoms with Crippen molar-refractivity contribution < 1.29 is 13.2 Å². The molecule has 2 heterocycles. The van der Waals surface area contributed by atoms with Gasteiger partial charge in [-0.05, 0) is 47.7 Å². The summed E-state index contributed by atoms with van der Waals surface area (Å²) in [5.74, 6) is 0.206. The van der Waals surface area contributed by atoms with Crippen molar-refractivity contribution in [1.82, 2.24) is 4.90 Å². The van der Waals surface area contributed by atoms with E-state index in [1.54, 1.807) is 24.3 Å². The Hall–Kier alpha value is -2.60. The summed E-state index contributed by atoms with van der Waals surface area (Å²) < 4.78 is 25.4. The van der Waals surface area contributed by atoms with Crippen molar-refractivity contribution >= 4 is 27.7 Å². The third kappa shape index (κ3) is 3.76. The van der Waals surface area contributed by atoms with Crippen molar-refractivity contribution in [2.24, 2.45) is 0 Å². The van der Waals surface area contributed by atoms with E-state index < -0.39 is 10.0 Å². The van der Waals surface area contributed by atoms with Crippen LogP contribution in [0.2, 0.25) is 0 Å². The Morgan fingerprint density at radius 2 is 1.70 bits per heavy atom. The molecule has 0 radical (unpaired) electrons. The second kappa shape index (κ2) is 7.19. The predicted octanol–water partition coefficient (Wildman–Crippen LogP) is 2.82. The molecule has 2 aliphatic heterocycles. The molecule has 2 aromatic carbocycles. The molecular weight excluding hydrogens is 360 g/mol. The zero-order valence-corrected chi connectivity index (χ0v) is 15.9. The maximum absolute atomic E-state index is 12.5. The van der Waals surface area contributed by atoms with Gasteiger partial charge in [-0.1, -0.05) is 36.4 Å². The fraction of sp³-hybridized carbons (Fsp3) is 0.286. The van der Waals surface area contributed by atoms with Gasteiger partial charge in [0.25, 0.3) is 0 Å². The van der Waals surface area contributed by atoms with Crippen LogP contribution in [0.4, 0.5) is 5.69 Å². The standard InChI is InChI=1S/C21H22N2O3S/c24-21(22-14-12-18-4-1-2-5-19(18)16-22)11-8-17-6-9-20(10-7-17)23-13-3-15-27(23,25)26/h1-2,4-11H,3,12-16H2/b11-8+. The number of nitrogens with zero attached hydrogens (tertiary/aromatic N) is 2. The Kier molecular flexibility index (Phi) is 4.74. The van der Waals surface area contributed by atoms with Gasteiger partial charge in [-0.3, -0.25) is 9.10 Å². The molecule has 4 rings (SSSR count). The molecule has 0 aliphatic carbocycles. The highest BCUT2D eigenvalue weighted by molar-refractivity contribution is 7.93. The third-order valence-corrected chi connectivity index (χ3v) is 7.01. The minimum atomic E-state index is -3.16. The van der Waals surface area contributed by atoms with Crippen molar-refractivity contribution in [3.8, 4) is 0 Å². The van der Waals surface area contributed by atoms with Crippen LogP contribution in [-0.4, -0.2) is 38.1 Å². The molecule has 140 valence electrons. The lowest BCUT2D eigenvalue weighted by Crippen LogP contribution is -2.34. The molecule has 0 aromatic heterocycles. The average Bonchev–Trinajstić information content (AvgIpc) is 3.05.